The first-order valence-electron chi connectivity index (χ1n) is 4.69. The normalized spacial score (nSPS) is 45.7. The highest BCUT2D eigenvalue weighted by atomic mass is 16.5. The summed E-state index contributed by atoms with van der Waals surface area (Å²) in [5, 5.41) is 0. The van der Waals surface area contributed by atoms with Crippen LogP contribution in [0.15, 0.2) is 25.3 Å². The van der Waals surface area contributed by atoms with Crippen LogP contribution in [0.4, 0.5) is 0 Å². The molecule has 0 aromatic rings. The summed E-state index contributed by atoms with van der Waals surface area (Å²) in [6.07, 6.45) is 5.43. The second kappa shape index (κ2) is 3.06. The lowest BCUT2D eigenvalue weighted by Gasteiger charge is -2.12. The van der Waals surface area contributed by atoms with Gasteiger partial charge in [-0.05, 0) is 30.1 Å². The molecule has 1 aliphatic heterocycles. The third kappa shape index (κ3) is 1.04. The Morgan fingerprint density at radius 3 is 1.92 bits per heavy atom. The molecule has 0 radical (unpaired) electrons. The van der Waals surface area contributed by atoms with Gasteiger partial charge in [-0.15, -0.1) is 13.2 Å². The van der Waals surface area contributed by atoms with Crippen molar-refractivity contribution in [3.05, 3.63) is 25.3 Å². The predicted octanol–water partition coefficient (Wildman–Crippen LogP) is 2.26. The molecule has 2 aliphatic rings. The Morgan fingerprint density at radius 2 is 1.50 bits per heavy atom. The molecule has 1 aliphatic carbocycles. The Hall–Kier alpha value is -0.560. The third-order valence-electron chi connectivity index (χ3n) is 3.42. The lowest BCUT2D eigenvalue weighted by molar-refractivity contribution is 0.163. The molecule has 1 saturated carbocycles. The highest BCUT2D eigenvalue weighted by molar-refractivity contribution is 5.04. The maximum atomic E-state index is 5.48. The minimum absolute atomic E-state index is 0.667. The first-order chi connectivity index (χ1) is 5.86. The Morgan fingerprint density at radius 1 is 1.00 bits per heavy atom. The van der Waals surface area contributed by atoms with Crippen molar-refractivity contribution in [3.63, 3.8) is 0 Å². The van der Waals surface area contributed by atoms with Crippen LogP contribution in [0.1, 0.15) is 6.42 Å². The smallest absolute Gasteiger partial charge is 0.0503 e. The van der Waals surface area contributed by atoms with Crippen LogP contribution in [0.3, 0.4) is 0 Å². The maximum absolute atomic E-state index is 5.48. The highest BCUT2D eigenvalue weighted by Crippen LogP contribution is 2.45. The van der Waals surface area contributed by atoms with Crippen molar-refractivity contribution >= 4 is 0 Å². The van der Waals surface area contributed by atoms with Gasteiger partial charge in [-0.1, -0.05) is 12.2 Å². The summed E-state index contributed by atoms with van der Waals surface area (Å²) in [5.41, 5.74) is 0. The van der Waals surface area contributed by atoms with Gasteiger partial charge in [0.05, 0.1) is 13.2 Å². The first kappa shape index (κ1) is 8.06. The molecule has 0 aromatic carbocycles. The highest BCUT2D eigenvalue weighted by Gasteiger charge is 2.43. The molecule has 1 saturated heterocycles. The standard InChI is InChI=1S/C11H16O/c1-3-8-5-9(4-2)11-7-12-6-10(8)11/h3-4,8-11H,1-2,5-7H2. The summed E-state index contributed by atoms with van der Waals surface area (Å²) < 4.78 is 5.48. The second-order valence-corrected chi connectivity index (χ2v) is 3.90. The number of hydrogen-bond acceptors (Lipinski definition) is 1. The van der Waals surface area contributed by atoms with Crippen molar-refractivity contribution in [2.24, 2.45) is 23.7 Å². The van der Waals surface area contributed by atoms with Gasteiger partial charge in [-0.2, -0.15) is 0 Å². The van der Waals surface area contributed by atoms with Crippen LogP contribution in [-0.4, -0.2) is 13.2 Å². The van der Waals surface area contributed by atoms with Crippen molar-refractivity contribution in [1.29, 1.82) is 0 Å². The Labute approximate surface area is 74.1 Å². The Balaban J connectivity index is 2.15. The number of fused-ring (bicyclic) bond motifs is 1. The van der Waals surface area contributed by atoms with Gasteiger partial charge in [-0.3, -0.25) is 0 Å². The van der Waals surface area contributed by atoms with Crippen LogP contribution in [-0.2, 0) is 4.74 Å². The van der Waals surface area contributed by atoms with Crippen molar-refractivity contribution in [2.45, 2.75) is 6.42 Å². The van der Waals surface area contributed by atoms with E-state index in [0.29, 0.717) is 11.8 Å². The summed E-state index contributed by atoms with van der Waals surface area (Å²) in [6, 6.07) is 0. The topological polar surface area (TPSA) is 9.23 Å². The van der Waals surface area contributed by atoms with E-state index >= 15 is 0 Å². The molecule has 0 amide bonds. The molecule has 1 heteroatoms. The zero-order valence-electron chi connectivity index (χ0n) is 7.41. The molecule has 2 rings (SSSR count). The average Bonchev–Trinajstić information content (AvgIpc) is 2.63. The van der Waals surface area contributed by atoms with Crippen LogP contribution >= 0.6 is 0 Å². The second-order valence-electron chi connectivity index (χ2n) is 3.90. The molecular formula is C11H16O. The quantitative estimate of drug-likeness (QED) is 0.569. The van der Waals surface area contributed by atoms with Gasteiger partial charge >= 0.3 is 0 Å². The van der Waals surface area contributed by atoms with E-state index in [2.05, 4.69) is 25.3 Å². The molecule has 1 heterocycles. The molecule has 0 aromatic heterocycles. The summed E-state index contributed by atoms with van der Waals surface area (Å²) in [6.45, 7) is 9.64. The number of hydrogen-bond donors (Lipinski definition) is 0. The minimum Gasteiger partial charge on any atom is -0.381 e. The van der Waals surface area contributed by atoms with Crippen molar-refractivity contribution < 1.29 is 4.74 Å². The lowest BCUT2D eigenvalue weighted by atomic mass is 9.90. The van der Waals surface area contributed by atoms with Crippen LogP contribution in [0, 0.1) is 23.7 Å². The van der Waals surface area contributed by atoms with E-state index in [4.69, 9.17) is 4.74 Å². The van der Waals surface area contributed by atoms with E-state index in [1.165, 1.54) is 6.42 Å². The molecule has 0 N–H and O–H groups in total. The fourth-order valence-electron chi connectivity index (χ4n) is 2.68. The summed E-state index contributed by atoms with van der Waals surface area (Å²) in [7, 11) is 0. The fourth-order valence-corrected chi connectivity index (χ4v) is 2.68. The van der Waals surface area contributed by atoms with Gasteiger partial charge in [0.1, 0.15) is 0 Å². The van der Waals surface area contributed by atoms with E-state index in [9.17, 15) is 0 Å². The number of allylic oxidation sites excluding steroid dienone is 2. The van der Waals surface area contributed by atoms with E-state index in [1.807, 2.05) is 0 Å². The molecule has 66 valence electrons. The zero-order chi connectivity index (χ0) is 8.55. The van der Waals surface area contributed by atoms with Crippen molar-refractivity contribution in [2.75, 3.05) is 13.2 Å². The number of ether oxygens (including phenoxy) is 1. The van der Waals surface area contributed by atoms with E-state index < -0.39 is 0 Å². The Bertz CT molecular complexity index is 177. The van der Waals surface area contributed by atoms with Gasteiger partial charge in [0.2, 0.25) is 0 Å². The maximum Gasteiger partial charge on any atom is 0.0503 e. The van der Waals surface area contributed by atoms with Crippen LogP contribution in [0.5, 0.6) is 0 Å². The molecule has 1 nitrogen and oxygen atoms in total. The summed E-state index contributed by atoms with van der Waals surface area (Å²) in [4.78, 5) is 0. The van der Waals surface area contributed by atoms with Gasteiger partial charge < -0.3 is 4.74 Å². The largest absolute Gasteiger partial charge is 0.381 e. The van der Waals surface area contributed by atoms with Gasteiger partial charge in [0, 0.05) is 0 Å². The first-order valence-corrected chi connectivity index (χ1v) is 4.69. The van der Waals surface area contributed by atoms with Crippen LogP contribution in [0.25, 0.3) is 0 Å². The van der Waals surface area contributed by atoms with Gasteiger partial charge in [0.15, 0.2) is 0 Å². The SMILES string of the molecule is C=CC1CC(C=C)C2COCC12. The monoisotopic (exact) mass is 164 g/mol. The van der Waals surface area contributed by atoms with Crippen LogP contribution in [0.2, 0.25) is 0 Å². The molecule has 0 spiro atoms. The summed E-state index contributed by atoms with van der Waals surface area (Å²) in [5.74, 6) is 2.79. The Kier molecular flexibility index (Phi) is 2.05. The van der Waals surface area contributed by atoms with E-state index in [1.54, 1.807) is 0 Å². The number of rotatable bonds is 2. The average molecular weight is 164 g/mol. The van der Waals surface area contributed by atoms with E-state index in [-0.39, 0.29) is 0 Å². The zero-order valence-corrected chi connectivity index (χ0v) is 7.41. The van der Waals surface area contributed by atoms with Crippen LogP contribution < -0.4 is 0 Å². The van der Waals surface area contributed by atoms with Crippen molar-refractivity contribution in [1.82, 2.24) is 0 Å². The minimum atomic E-state index is 0.667. The van der Waals surface area contributed by atoms with Crippen molar-refractivity contribution in [3.8, 4) is 0 Å². The van der Waals surface area contributed by atoms with Gasteiger partial charge in [-0.25, -0.2) is 0 Å². The molecular weight excluding hydrogens is 148 g/mol. The summed E-state index contributed by atoms with van der Waals surface area (Å²) >= 11 is 0. The molecule has 12 heavy (non-hydrogen) atoms. The van der Waals surface area contributed by atoms with Gasteiger partial charge in [0.25, 0.3) is 0 Å². The molecule has 4 atom stereocenters. The molecule has 2 fully saturated rings. The third-order valence-corrected chi connectivity index (χ3v) is 3.42. The fraction of sp³-hybridized carbons (Fsp3) is 0.636. The molecule has 0 bridgehead atoms. The molecule has 4 unspecified atom stereocenters. The van der Waals surface area contributed by atoms with E-state index in [0.717, 1.165) is 25.0 Å². The predicted molar refractivity (Wildman–Crippen MR) is 49.8 cm³/mol. The lowest BCUT2D eigenvalue weighted by Crippen LogP contribution is -2.13.